The smallest absolute Gasteiger partial charge is 0.266 e. The molecule has 5 nitrogen and oxygen atoms in total. The van der Waals surface area contributed by atoms with Crippen molar-refractivity contribution in [2.75, 3.05) is 17.7 Å². The fourth-order valence-electron chi connectivity index (χ4n) is 3.40. The third kappa shape index (κ3) is 4.53. The second-order valence-electron chi connectivity index (χ2n) is 7.12. The zero-order valence-electron chi connectivity index (χ0n) is 17.5. The number of benzene rings is 3. The SMILES string of the molecule is COc1ccc(NC(=O)c2sc3cccc(F)c3c2C)cc1NC(=O)c1ccc(Cl)cc1F. The Morgan fingerprint density at radius 1 is 0.970 bits per heavy atom. The number of ether oxygens (including phenoxy) is 1. The minimum absolute atomic E-state index is 0.169. The highest BCUT2D eigenvalue weighted by Gasteiger charge is 2.19. The topological polar surface area (TPSA) is 67.4 Å². The van der Waals surface area contributed by atoms with E-state index < -0.39 is 17.6 Å². The van der Waals surface area contributed by atoms with Gasteiger partial charge in [0.15, 0.2) is 0 Å². The number of thiophene rings is 1. The van der Waals surface area contributed by atoms with Crippen LogP contribution < -0.4 is 15.4 Å². The molecule has 0 atom stereocenters. The molecule has 33 heavy (non-hydrogen) atoms. The second kappa shape index (κ2) is 9.17. The minimum Gasteiger partial charge on any atom is -0.495 e. The third-order valence-corrected chi connectivity index (χ3v) is 6.48. The summed E-state index contributed by atoms with van der Waals surface area (Å²) in [5.74, 6) is -1.96. The van der Waals surface area contributed by atoms with Crippen LogP contribution in [0.25, 0.3) is 10.1 Å². The van der Waals surface area contributed by atoms with Crippen molar-refractivity contribution >= 4 is 56.2 Å². The summed E-state index contributed by atoms with van der Waals surface area (Å²) in [5, 5.41) is 5.93. The molecule has 0 radical (unpaired) electrons. The predicted octanol–water partition coefficient (Wildman–Crippen LogP) is 6.65. The van der Waals surface area contributed by atoms with E-state index in [1.165, 1.54) is 42.7 Å². The summed E-state index contributed by atoms with van der Waals surface area (Å²) < 4.78 is 34.2. The molecule has 2 amide bonds. The van der Waals surface area contributed by atoms with Gasteiger partial charge in [-0.15, -0.1) is 11.3 Å². The Morgan fingerprint density at radius 3 is 2.45 bits per heavy atom. The number of amides is 2. The number of hydrogen-bond acceptors (Lipinski definition) is 4. The molecule has 0 aliphatic rings. The van der Waals surface area contributed by atoms with Gasteiger partial charge in [0.2, 0.25) is 0 Å². The molecule has 0 bridgehead atoms. The van der Waals surface area contributed by atoms with Gasteiger partial charge in [0.25, 0.3) is 11.8 Å². The van der Waals surface area contributed by atoms with Crippen molar-refractivity contribution in [3.05, 3.63) is 87.3 Å². The van der Waals surface area contributed by atoms with E-state index in [1.54, 1.807) is 31.2 Å². The summed E-state index contributed by atoms with van der Waals surface area (Å²) in [4.78, 5) is 25.8. The van der Waals surface area contributed by atoms with Crippen LogP contribution in [0, 0.1) is 18.6 Å². The number of carbonyl (C=O) groups is 2. The zero-order chi connectivity index (χ0) is 23.7. The molecule has 0 spiro atoms. The number of nitrogens with one attached hydrogen (secondary N) is 2. The molecule has 4 aromatic rings. The number of methoxy groups -OCH3 is 1. The van der Waals surface area contributed by atoms with Gasteiger partial charge >= 0.3 is 0 Å². The molecule has 2 N–H and O–H groups in total. The predicted molar refractivity (Wildman–Crippen MR) is 127 cm³/mol. The molecule has 0 saturated heterocycles. The van der Waals surface area contributed by atoms with E-state index in [4.69, 9.17) is 16.3 Å². The number of aryl methyl sites for hydroxylation is 1. The lowest BCUT2D eigenvalue weighted by Crippen LogP contribution is -2.15. The molecule has 0 fully saturated rings. The van der Waals surface area contributed by atoms with Crippen LogP contribution in [0.3, 0.4) is 0 Å². The molecule has 0 aliphatic carbocycles. The summed E-state index contributed by atoms with van der Waals surface area (Å²) in [6, 6.07) is 13.1. The number of fused-ring (bicyclic) bond motifs is 1. The molecule has 0 unspecified atom stereocenters. The van der Waals surface area contributed by atoms with E-state index in [0.717, 1.165) is 6.07 Å². The second-order valence-corrected chi connectivity index (χ2v) is 8.61. The summed E-state index contributed by atoms with van der Waals surface area (Å²) in [6.45, 7) is 1.69. The maximum Gasteiger partial charge on any atom is 0.266 e. The minimum atomic E-state index is -0.768. The van der Waals surface area contributed by atoms with E-state index in [1.807, 2.05) is 0 Å². The first-order valence-corrected chi connectivity index (χ1v) is 10.9. The highest BCUT2D eigenvalue weighted by Crippen LogP contribution is 2.34. The molecular weight excluding hydrogens is 470 g/mol. The first kappa shape index (κ1) is 22.7. The lowest BCUT2D eigenvalue weighted by molar-refractivity contribution is 0.101. The molecule has 0 aliphatic heterocycles. The fourth-order valence-corrected chi connectivity index (χ4v) is 4.68. The molecule has 0 saturated carbocycles. The van der Waals surface area contributed by atoms with Crippen molar-refractivity contribution in [2.24, 2.45) is 0 Å². The van der Waals surface area contributed by atoms with Crippen LogP contribution in [0.4, 0.5) is 20.2 Å². The summed E-state index contributed by atoms with van der Waals surface area (Å²) in [5.41, 5.74) is 0.948. The van der Waals surface area contributed by atoms with Gasteiger partial charge in [-0.1, -0.05) is 17.7 Å². The zero-order valence-corrected chi connectivity index (χ0v) is 19.0. The van der Waals surface area contributed by atoms with Gasteiger partial charge in [-0.05, 0) is 61.0 Å². The Hall–Kier alpha value is -3.49. The summed E-state index contributed by atoms with van der Waals surface area (Å²) in [7, 11) is 1.42. The first-order valence-electron chi connectivity index (χ1n) is 9.72. The van der Waals surface area contributed by atoms with E-state index in [2.05, 4.69) is 10.6 Å². The molecule has 3 aromatic carbocycles. The number of hydrogen-bond donors (Lipinski definition) is 2. The van der Waals surface area contributed by atoms with E-state index in [9.17, 15) is 18.4 Å². The van der Waals surface area contributed by atoms with Crippen LogP contribution >= 0.6 is 22.9 Å². The van der Waals surface area contributed by atoms with Crippen LogP contribution in [0.1, 0.15) is 25.6 Å². The Balaban J connectivity index is 1.60. The Kier molecular flexibility index (Phi) is 6.31. The summed E-state index contributed by atoms with van der Waals surface area (Å²) >= 11 is 6.93. The monoisotopic (exact) mass is 486 g/mol. The number of anilines is 2. The van der Waals surface area contributed by atoms with Crippen molar-refractivity contribution < 1.29 is 23.1 Å². The van der Waals surface area contributed by atoms with Crippen molar-refractivity contribution in [1.82, 2.24) is 0 Å². The summed E-state index contributed by atoms with van der Waals surface area (Å²) in [6.07, 6.45) is 0. The van der Waals surface area contributed by atoms with Crippen molar-refractivity contribution in [1.29, 1.82) is 0 Å². The fraction of sp³-hybridized carbons (Fsp3) is 0.0833. The van der Waals surface area contributed by atoms with Crippen molar-refractivity contribution in [2.45, 2.75) is 6.92 Å². The van der Waals surface area contributed by atoms with Crippen LogP contribution in [0.15, 0.2) is 54.6 Å². The maximum absolute atomic E-state index is 14.2. The average Bonchev–Trinajstić information content (AvgIpc) is 3.11. The van der Waals surface area contributed by atoms with Crippen LogP contribution in [0.2, 0.25) is 5.02 Å². The number of carbonyl (C=O) groups excluding carboxylic acids is 2. The van der Waals surface area contributed by atoms with Gasteiger partial charge in [-0.3, -0.25) is 9.59 Å². The third-order valence-electron chi connectivity index (χ3n) is 4.99. The molecule has 9 heteroatoms. The van der Waals surface area contributed by atoms with Gasteiger partial charge in [0.05, 0.1) is 23.2 Å². The average molecular weight is 487 g/mol. The van der Waals surface area contributed by atoms with E-state index >= 15 is 0 Å². The Bertz CT molecular complexity index is 1400. The first-order chi connectivity index (χ1) is 15.8. The van der Waals surface area contributed by atoms with Gasteiger partial charge in [-0.25, -0.2) is 8.78 Å². The largest absolute Gasteiger partial charge is 0.495 e. The Labute approximate surface area is 196 Å². The number of rotatable bonds is 5. The lowest BCUT2D eigenvalue weighted by atomic mass is 10.1. The van der Waals surface area contributed by atoms with Gasteiger partial charge in [0.1, 0.15) is 17.4 Å². The quantitative estimate of drug-likeness (QED) is 0.331. The van der Waals surface area contributed by atoms with Gasteiger partial charge in [-0.2, -0.15) is 0 Å². The highest BCUT2D eigenvalue weighted by molar-refractivity contribution is 7.21. The van der Waals surface area contributed by atoms with Crippen LogP contribution in [-0.4, -0.2) is 18.9 Å². The molecule has 1 heterocycles. The highest BCUT2D eigenvalue weighted by atomic mass is 35.5. The molecule has 168 valence electrons. The molecule has 4 rings (SSSR count). The number of halogens is 3. The molecular formula is C24H17ClF2N2O3S. The van der Waals surface area contributed by atoms with Crippen LogP contribution in [0.5, 0.6) is 5.75 Å². The maximum atomic E-state index is 14.2. The standard InChI is InChI=1S/C24H17ClF2N2O3S/c1-12-21-16(26)4-3-5-20(21)33-22(12)24(31)28-14-7-9-19(32-2)18(11-14)29-23(30)15-8-6-13(25)10-17(15)27/h3-11H,1-2H3,(H,28,31)(H,29,30). The normalized spacial score (nSPS) is 10.8. The van der Waals surface area contributed by atoms with E-state index in [0.29, 0.717) is 32.0 Å². The van der Waals surface area contributed by atoms with Crippen molar-refractivity contribution in [3.8, 4) is 5.75 Å². The Morgan fingerprint density at radius 2 is 1.76 bits per heavy atom. The molecule has 1 aromatic heterocycles. The van der Waals surface area contributed by atoms with Gasteiger partial charge < -0.3 is 15.4 Å². The van der Waals surface area contributed by atoms with Crippen LogP contribution in [-0.2, 0) is 0 Å². The van der Waals surface area contributed by atoms with Gasteiger partial charge in [0, 0.05) is 20.8 Å². The lowest BCUT2D eigenvalue weighted by Gasteiger charge is -2.13. The van der Waals surface area contributed by atoms with E-state index in [-0.39, 0.29) is 22.1 Å². The van der Waals surface area contributed by atoms with Crippen molar-refractivity contribution in [3.63, 3.8) is 0 Å².